The monoisotopic (exact) mass is 369 g/mol. The number of benzene rings is 1. The molecule has 27 heavy (non-hydrogen) atoms. The van der Waals surface area contributed by atoms with Crippen LogP contribution in [0.1, 0.15) is 31.2 Å². The lowest BCUT2D eigenvalue weighted by Crippen LogP contribution is -2.37. The molecule has 0 unspecified atom stereocenters. The summed E-state index contributed by atoms with van der Waals surface area (Å²) >= 11 is 0. The molecule has 1 aliphatic rings. The van der Waals surface area contributed by atoms with Crippen LogP contribution >= 0.6 is 0 Å². The zero-order chi connectivity index (χ0) is 19.4. The van der Waals surface area contributed by atoms with Crippen LogP contribution in [0.5, 0.6) is 5.75 Å². The third kappa shape index (κ3) is 4.55. The number of aryl methyl sites for hydroxylation is 1. The Morgan fingerprint density at radius 1 is 1.15 bits per heavy atom. The molecule has 1 saturated carbocycles. The summed E-state index contributed by atoms with van der Waals surface area (Å²) in [6, 6.07) is 7.23. The largest absolute Gasteiger partial charge is 0.490 e. The minimum Gasteiger partial charge on any atom is -0.490 e. The van der Waals surface area contributed by atoms with Gasteiger partial charge in [-0.2, -0.15) is 0 Å². The molecule has 0 atom stereocenters. The number of nitrogens with zero attached hydrogens (tertiary/aromatic N) is 2. The lowest BCUT2D eigenvalue weighted by Gasteiger charge is -2.13. The molecule has 1 fully saturated rings. The third-order valence-electron chi connectivity index (χ3n) is 4.61. The van der Waals surface area contributed by atoms with Crippen molar-refractivity contribution in [1.29, 1.82) is 0 Å². The van der Waals surface area contributed by atoms with Crippen molar-refractivity contribution < 1.29 is 9.53 Å². The van der Waals surface area contributed by atoms with Gasteiger partial charge in [0.15, 0.2) is 0 Å². The van der Waals surface area contributed by atoms with E-state index in [1.165, 1.54) is 42.8 Å². The summed E-state index contributed by atoms with van der Waals surface area (Å²) in [7, 11) is 2.95. The number of nitrogens with one attached hydrogen (secondary N) is 1. The predicted octanol–water partition coefficient (Wildman–Crippen LogP) is 2.06. The van der Waals surface area contributed by atoms with E-state index in [4.69, 9.17) is 4.74 Å². The Hall–Kier alpha value is -3.09. The molecule has 7 heteroatoms. The van der Waals surface area contributed by atoms with Gasteiger partial charge >= 0.3 is 5.69 Å². The first-order valence-electron chi connectivity index (χ1n) is 8.96. The minimum atomic E-state index is -0.449. The molecule has 0 spiro atoms. The molecule has 0 saturated heterocycles. The Morgan fingerprint density at radius 3 is 2.48 bits per heavy atom. The van der Waals surface area contributed by atoms with E-state index in [-0.39, 0.29) is 17.6 Å². The number of hydrogen-bond acceptors (Lipinski definition) is 4. The van der Waals surface area contributed by atoms with Gasteiger partial charge in [0.25, 0.3) is 5.56 Å². The Kier molecular flexibility index (Phi) is 5.59. The van der Waals surface area contributed by atoms with Crippen LogP contribution in [0.15, 0.2) is 46.1 Å². The van der Waals surface area contributed by atoms with Crippen LogP contribution < -0.4 is 21.3 Å². The number of ether oxygens (including phenoxy) is 1. The third-order valence-corrected chi connectivity index (χ3v) is 4.61. The fraction of sp³-hybridized carbons (Fsp3) is 0.350. The predicted molar refractivity (Wildman–Crippen MR) is 104 cm³/mol. The fourth-order valence-electron chi connectivity index (χ4n) is 3.12. The smallest absolute Gasteiger partial charge is 0.330 e. The highest BCUT2D eigenvalue weighted by Crippen LogP contribution is 2.24. The molecule has 7 nitrogen and oxygen atoms in total. The van der Waals surface area contributed by atoms with Crippen molar-refractivity contribution in [2.24, 2.45) is 14.1 Å². The molecule has 1 aliphatic carbocycles. The Morgan fingerprint density at radius 2 is 1.81 bits per heavy atom. The lowest BCUT2D eigenvalue weighted by atomic mass is 10.2. The van der Waals surface area contributed by atoms with Crippen molar-refractivity contribution in [3.63, 3.8) is 0 Å². The normalized spacial score (nSPS) is 14.6. The van der Waals surface area contributed by atoms with Gasteiger partial charge in [0, 0.05) is 32.1 Å². The molecule has 1 N–H and O–H groups in total. The molecular weight excluding hydrogens is 346 g/mol. The van der Waals surface area contributed by atoms with E-state index in [2.05, 4.69) is 5.32 Å². The van der Waals surface area contributed by atoms with E-state index in [9.17, 15) is 14.4 Å². The van der Waals surface area contributed by atoms with E-state index in [0.717, 1.165) is 23.2 Å². The van der Waals surface area contributed by atoms with Crippen LogP contribution in [0, 0.1) is 0 Å². The number of rotatable bonds is 5. The number of hydrogen-bond donors (Lipinski definition) is 1. The van der Waals surface area contributed by atoms with Crippen molar-refractivity contribution >= 4 is 17.7 Å². The van der Waals surface area contributed by atoms with E-state index < -0.39 is 11.2 Å². The Balaban J connectivity index is 1.63. The summed E-state index contributed by atoms with van der Waals surface area (Å²) < 4.78 is 8.19. The van der Waals surface area contributed by atoms with Crippen molar-refractivity contribution in [2.75, 3.05) is 5.32 Å². The van der Waals surface area contributed by atoms with Gasteiger partial charge in [0.1, 0.15) is 5.75 Å². The molecule has 3 rings (SSSR count). The molecule has 1 aromatic heterocycles. The maximum Gasteiger partial charge on any atom is 0.330 e. The van der Waals surface area contributed by atoms with Crippen molar-refractivity contribution in [1.82, 2.24) is 9.13 Å². The van der Waals surface area contributed by atoms with Crippen LogP contribution in [0.2, 0.25) is 0 Å². The topological polar surface area (TPSA) is 82.3 Å². The molecule has 1 aromatic carbocycles. The first-order chi connectivity index (χ1) is 12.9. The van der Waals surface area contributed by atoms with E-state index in [1.807, 2.05) is 12.1 Å². The van der Waals surface area contributed by atoms with Gasteiger partial charge in [-0.25, -0.2) is 4.79 Å². The fourth-order valence-corrected chi connectivity index (χ4v) is 3.12. The standard InChI is InChI=1S/C20H23N3O4/c1-22-13-14(19(25)23(2)20(22)26)7-12-18(24)21-15-8-10-17(11-9-15)27-16-5-3-4-6-16/h7-13,16H,3-6H2,1-2H3,(H,21,24)/b12-7+. The highest BCUT2D eigenvalue weighted by molar-refractivity contribution is 6.01. The van der Waals surface area contributed by atoms with Gasteiger partial charge in [-0.1, -0.05) is 0 Å². The van der Waals surface area contributed by atoms with Crippen LogP contribution in [0.4, 0.5) is 5.69 Å². The van der Waals surface area contributed by atoms with Crippen molar-refractivity contribution in [3.8, 4) is 5.75 Å². The molecule has 0 radical (unpaired) electrons. The van der Waals surface area contributed by atoms with Crippen LogP contribution in [0.3, 0.4) is 0 Å². The first-order valence-corrected chi connectivity index (χ1v) is 8.96. The van der Waals surface area contributed by atoms with Gasteiger partial charge < -0.3 is 14.6 Å². The summed E-state index contributed by atoms with van der Waals surface area (Å²) in [6.45, 7) is 0. The van der Waals surface area contributed by atoms with Gasteiger partial charge in [0.05, 0.1) is 11.7 Å². The summed E-state index contributed by atoms with van der Waals surface area (Å²) in [6.07, 6.45) is 8.97. The Bertz CT molecular complexity index is 964. The van der Waals surface area contributed by atoms with E-state index in [1.54, 1.807) is 19.2 Å². The maximum atomic E-state index is 12.1. The van der Waals surface area contributed by atoms with Crippen LogP contribution in [-0.2, 0) is 18.9 Å². The zero-order valence-corrected chi connectivity index (χ0v) is 15.5. The second-order valence-electron chi connectivity index (χ2n) is 6.71. The maximum absolute atomic E-state index is 12.1. The second-order valence-corrected chi connectivity index (χ2v) is 6.71. The van der Waals surface area contributed by atoms with Gasteiger partial charge in [-0.15, -0.1) is 0 Å². The first kappa shape index (κ1) is 18.7. The summed E-state index contributed by atoms with van der Waals surface area (Å²) in [5.41, 5.74) is 0.0314. The Labute approximate surface area is 156 Å². The molecule has 142 valence electrons. The molecule has 1 heterocycles. The minimum absolute atomic E-state index is 0.259. The van der Waals surface area contributed by atoms with Crippen LogP contribution in [-0.4, -0.2) is 21.1 Å². The van der Waals surface area contributed by atoms with Gasteiger partial charge in [-0.3, -0.25) is 14.2 Å². The molecular formula is C20H23N3O4. The number of anilines is 1. The highest BCUT2D eigenvalue weighted by Gasteiger charge is 2.16. The summed E-state index contributed by atoms with van der Waals surface area (Å²) in [4.78, 5) is 35.8. The van der Waals surface area contributed by atoms with E-state index >= 15 is 0 Å². The molecule has 2 aromatic rings. The lowest BCUT2D eigenvalue weighted by molar-refractivity contribution is -0.111. The average Bonchev–Trinajstić information content (AvgIpc) is 3.16. The van der Waals surface area contributed by atoms with Crippen LogP contribution in [0.25, 0.3) is 6.08 Å². The van der Waals surface area contributed by atoms with Gasteiger partial charge in [0.2, 0.25) is 5.91 Å². The summed E-state index contributed by atoms with van der Waals surface area (Å²) in [5, 5.41) is 2.73. The zero-order valence-electron chi connectivity index (χ0n) is 15.5. The van der Waals surface area contributed by atoms with E-state index in [0.29, 0.717) is 5.69 Å². The quantitative estimate of drug-likeness (QED) is 0.818. The molecule has 1 amide bonds. The summed E-state index contributed by atoms with van der Waals surface area (Å²) in [5.74, 6) is 0.430. The highest BCUT2D eigenvalue weighted by atomic mass is 16.5. The van der Waals surface area contributed by atoms with Crippen molar-refractivity contribution in [3.05, 3.63) is 62.9 Å². The average molecular weight is 369 g/mol. The molecule has 0 bridgehead atoms. The second kappa shape index (κ2) is 8.07. The number of aromatic nitrogens is 2. The van der Waals surface area contributed by atoms with Crippen molar-refractivity contribution in [2.45, 2.75) is 31.8 Å². The SMILES string of the molecule is Cn1cc(/C=C/C(=O)Nc2ccc(OC3CCCC3)cc2)c(=O)n(C)c1=O. The van der Waals surface area contributed by atoms with Gasteiger partial charge in [-0.05, 0) is 56.0 Å². The number of carbonyl (C=O) groups excluding carboxylic acids is 1. The molecule has 0 aliphatic heterocycles. The number of amides is 1. The number of carbonyl (C=O) groups is 1.